The average Bonchev–Trinajstić information content (AvgIpc) is 3.09. The Balaban J connectivity index is 1.45. The molecule has 4 rings (SSSR count). The number of piperidine rings is 1. The second-order valence-electron chi connectivity index (χ2n) is 7.27. The van der Waals surface area contributed by atoms with Gasteiger partial charge in [0, 0.05) is 13.1 Å². The first kappa shape index (κ1) is 19.5. The lowest BCUT2D eigenvalue weighted by Gasteiger charge is -2.31. The highest BCUT2D eigenvalue weighted by atomic mass is 35.5. The number of rotatable bonds is 4. The Labute approximate surface area is 173 Å². The SMILES string of the molecule is Cc1cc(Cl)c(O)c(S(=O)(=O)CC2CCN(c3nc4ccccc4s3)CC2)c1. The molecule has 0 spiro atoms. The molecule has 0 bridgehead atoms. The quantitative estimate of drug-likeness (QED) is 0.644. The largest absolute Gasteiger partial charge is 0.505 e. The van der Waals surface area contributed by atoms with Gasteiger partial charge in [-0.2, -0.15) is 0 Å². The van der Waals surface area contributed by atoms with E-state index in [2.05, 4.69) is 11.0 Å². The first-order chi connectivity index (χ1) is 13.3. The Morgan fingerprint density at radius 1 is 1.25 bits per heavy atom. The number of thiazole rings is 1. The maximum Gasteiger partial charge on any atom is 0.186 e. The number of nitrogens with zero attached hydrogens (tertiary/aromatic N) is 2. The zero-order valence-corrected chi connectivity index (χ0v) is 17.8. The van der Waals surface area contributed by atoms with E-state index in [0.29, 0.717) is 5.56 Å². The fourth-order valence-corrected chi connectivity index (χ4v) is 6.88. The van der Waals surface area contributed by atoms with Gasteiger partial charge in [-0.25, -0.2) is 13.4 Å². The van der Waals surface area contributed by atoms with Gasteiger partial charge in [-0.05, 0) is 55.5 Å². The first-order valence-corrected chi connectivity index (χ1v) is 12.0. The topological polar surface area (TPSA) is 70.5 Å². The number of hydrogen-bond acceptors (Lipinski definition) is 6. The number of benzene rings is 2. The normalized spacial score (nSPS) is 16.0. The molecule has 1 aliphatic heterocycles. The predicted molar refractivity (Wildman–Crippen MR) is 114 cm³/mol. The summed E-state index contributed by atoms with van der Waals surface area (Å²) in [6, 6.07) is 11.1. The zero-order valence-electron chi connectivity index (χ0n) is 15.4. The second-order valence-corrected chi connectivity index (χ2v) is 10.7. The molecule has 8 heteroatoms. The summed E-state index contributed by atoms with van der Waals surface area (Å²) in [5, 5.41) is 11.2. The number of halogens is 1. The van der Waals surface area contributed by atoms with Crippen molar-refractivity contribution in [1.82, 2.24) is 4.98 Å². The van der Waals surface area contributed by atoms with Crippen LogP contribution in [0.25, 0.3) is 10.2 Å². The summed E-state index contributed by atoms with van der Waals surface area (Å²) in [5.74, 6) is -0.276. The number of aryl methyl sites for hydroxylation is 1. The van der Waals surface area contributed by atoms with Gasteiger partial charge in [-0.3, -0.25) is 0 Å². The van der Waals surface area contributed by atoms with Gasteiger partial charge in [0.15, 0.2) is 20.7 Å². The molecule has 0 aliphatic carbocycles. The Bertz CT molecular complexity index is 1090. The second kappa shape index (κ2) is 7.54. The summed E-state index contributed by atoms with van der Waals surface area (Å²) >= 11 is 7.63. The highest BCUT2D eigenvalue weighted by Crippen LogP contribution is 2.35. The minimum absolute atomic E-state index is 0.0219. The number of hydrogen-bond donors (Lipinski definition) is 1. The lowest BCUT2D eigenvalue weighted by Crippen LogP contribution is -2.35. The zero-order chi connectivity index (χ0) is 19.9. The van der Waals surface area contributed by atoms with E-state index in [1.807, 2.05) is 18.2 Å². The number of fused-ring (bicyclic) bond motifs is 1. The summed E-state index contributed by atoms with van der Waals surface area (Å²) in [4.78, 5) is 6.86. The summed E-state index contributed by atoms with van der Waals surface area (Å²) in [7, 11) is -3.60. The van der Waals surface area contributed by atoms with Gasteiger partial charge in [-0.15, -0.1) is 0 Å². The number of aromatic nitrogens is 1. The summed E-state index contributed by atoms with van der Waals surface area (Å²) < 4.78 is 26.9. The van der Waals surface area contributed by atoms with E-state index in [9.17, 15) is 13.5 Å². The minimum atomic E-state index is -3.60. The van der Waals surface area contributed by atoms with Crippen LogP contribution >= 0.6 is 22.9 Å². The Hall–Kier alpha value is -1.83. The molecule has 0 saturated carbocycles. The van der Waals surface area contributed by atoms with Crippen LogP contribution < -0.4 is 4.90 Å². The summed E-state index contributed by atoms with van der Waals surface area (Å²) in [6.45, 7) is 3.32. The fourth-order valence-electron chi connectivity index (χ4n) is 3.63. The molecule has 1 N–H and O–H groups in total. The van der Waals surface area contributed by atoms with Crippen LogP contribution in [0.3, 0.4) is 0 Å². The maximum atomic E-state index is 12.9. The summed E-state index contributed by atoms with van der Waals surface area (Å²) in [6.07, 6.45) is 1.55. The molecule has 1 fully saturated rings. The molecule has 5 nitrogen and oxygen atoms in total. The number of sulfone groups is 1. The molecular weight excluding hydrogens is 416 g/mol. The van der Waals surface area contributed by atoms with E-state index < -0.39 is 9.84 Å². The third-order valence-corrected chi connectivity index (χ3v) is 8.41. The van der Waals surface area contributed by atoms with Gasteiger partial charge >= 0.3 is 0 Å². The Morgan fingerprint density at radius 2 is 1.96 bits per heavy atom. The van der Waals surface area contributed by atoms with Crippen molar-refractivity contribution >= 4 is 48.1 Å². The monoisotopic (exact) mass is 436 g/mol. The number of phenols is 1. The van der Waals surface area contributed by atoms with Crippen LogP contribution in [-0.4, -0.2) is 37.4 Å². The van der Waals surface area contributed by atoms with Crippen LogP contribution in [-0.2, 0) is 9.84 Å². The number of aromatic hydroxyl groups is 1. The van der Waals surface area contributed by atoms with Gasteiger partial charge < -0.3 is 10.0 Å². The van der Waals surface area contributed by atoms with Crippen LogP contribution in [0.4, 0.5) is 5.13 Å². The van der Waals surface area contributed by atoms with Crippen molar-refractivity contribution < 1.29 is 13.5 Å². The molecule has 0 radical (unpaired) electrons. The van der Waals surface area contributed by atoms with Crippen molar-refractivity contribution in [2.75, 3.05) is 23.7 Å². The van der Waals surface area contributed by atoms with Crippen molar-refractivity contribution in [2.45, 2.75) is 24.7 Å². The molecule has 0 atom stereocenters. The Kier molecular flexibility index (Phi) is 5.24. The van der Waals surface area contributed by atoms with E-state index in [0.717, 1.165) is 41.3 Å². The van der Waals surface area contributed by atoms with Crippen molar-refractivity contribution in [3.05, 3.63) is 47.0 Å². The molecule has 1 saturated heterocycles. The van der Waals surface area contributed by atoms with Gasteiger partial charge in [0.2, 0.25) is 0 Å². The number of phenolic OH excluding ortho intramolecular Hbond substituents is 1. The standard InChI is InChI=1S/C20H21ClN2O3S2/c1-13-10-15(21)19(24)18(11-13)28(25,26)12-14-6-8-23(9-7-14)20-22-16-4-2-3-5-17(16)27-20/h2-5,10-11,14,24H,6-9,12H2,1H3. The number of para-hydroxylation sites is 1. The van der Waals surface area contributed by atoms with Crippen LogP contribution in [0.1, 0.15) is 18.4 Å². The van der Waals surface area contributed by atoms with Crippen LogP contribution in [0.2, 0.25) is 5.02 Å². The van der Waals surface area contributed by atoms with Crippen molar-refractivity contribution in [1.29, 1.82) is 0 Å². The van der Waals surface area contributed by atoms with E-state index in [-0.39, 0.29) is 27.3 Å². The van der Waals surface area contributed by atoms with E-state index in [4.69, 9.17) is 16.6 Å². The fraction of sp³-hybridized carbons (Fsp3) is 0.350. The van der Waals surface area contributed by atoms with Crippen molar-refractivity contribution in [2.24, 2.45) is 5.92 Å². The molecule has 28 heavy (non-hydrogen) atoms. The molecule has 1 aliphatic rings. The van der Waals surface area contributed by atoms with E-state index >= 15 is 0 Å². The lowest BCUT2D eigenvalue weighted by molar-refractivity contribution is 0.432. The molecule has 0 unspecified atom stereocenters. The lowest BCUT2D eigenvalue weighted by atomic mass is 9.99. The van der Waals surface area contributed by atoms with Crippen molar-refractivity contribution in [3.63, 3.8) is 0 Å². The first-order valence-electron chi connectivity index (χ1n) is 9.16. The highest BCUT2D eigenvalue weighted by molar-refractivity contribution is 7.91. The molecule has 1 aromatic heterocycles. The molecule has 3 aromatic rings. The van der Waals surface area contributed by atoms with Gasteiger partial charge in [0.1, 0.15) is 4.90 Å². The van der Waals surface area contributed by atoms with Crippen LogP contribution in [0.15, 0.2) is 41.3 Å². The predicted octanol–water partition coefficient (Wildman–Crippen LogP) is 4.65. The van der Waals surface area contributed by atoms with Gasteiger partial charge in [0.25, 0.3) is 0 Å². The maximum absolute atomic E-state index is 12.9. The van der Waals surface area contributed by atoms with Gasteiger partial charge in [-0.1, -0.05) is 35.1 Å². The third-order valence-electron chi connectivity index (χ3n) is 5.13. The molecule has 2 heterocycles. The Morgan fingerprint density at radius 3 is 2.68 bits per heavy atom. The molecule has 2 aromatic carbocycles. The van der Waals surface area contributed by atoms with Crippen molar-refractivity contribution in [3.8, 4) is 5.75 Å². The molecule has 148 valence electrons. The smallest absolute Gasteiger partial charge is 0.186 e. The highest BCUT2D eigenvalue weighted by Gasteiger charge is 2.29. The summed E-state index contributed by atoms with van der Waals surface area (Å²) in [5.41, 5.74) is 1.71. The number of anilines is 1. The minimum Gasteiger partial charge on any atom is -0.505 e. The third kappa shape index (κ3) is 3.83. The molecule has 0 amide bonds. The van der Waals surface area contributed by atoms with Crippen LogP contribution in [0, 0.1) is 12.8 Å². The average molecular weight is 437 g/mol. The van der Waals surface area contributed by atoms with E-state index in [1.165, 1.54) is 6.07 Å². The van der Waals surface area contributed by atoms with Crippen LogP contribution in [0.5, 0.6) is 5.75 Å². The van der Waals surface area contributed by atoms with E-state index in [1.54, 1.807) is 24.3 Å². The molecular formula is C20H21ClN2O3S2. The van der Waals surface area contributed by atoms with Gasteiger partial charge in [0.05, 0.1) is 21.0 Å².